The zero-order valence-electron chi connectivity index (χ0n) is 40.5. The van der Waals surface area contributed by atoms with Crippen LogP contribution in [-0.4, -0.2) is 120 Å². The Morgan fingerprint density at radius 1 is 0.746 bits per heavy atom. The Morgan fingerprint density at radius 2 is 1.15 bits per heavy atom. The first-order valence-corrected chi connectivity index (χ1v) is 28.5. The summed E-state index contributed by atoms with van der Waals surface area (Å²) in [4.78, 5) is 63.7. The molecule has 0 N–H and O–H groups in total. The van der Waals surface area contributed by atoms with Crippen LogP contribution in [-0.2, 0) is 27.9 Å². The van der Waals surface area contributed by atoms with Crippen LogP contribution in [0, 0.1) is 34.1 Å². The highest BCUT2D eigenvalue weighted by atomic mass is 32.2. The average Bonchev–Trinajstić information content (AvgIpc) is 3.20. The van der Waals surface area contributed by atoms with Gasteiger partial charge in [0.2, 0.25) is 0 Å². The van der Waals surface area contributed by atoms with E-state index in [1.54, 1.807) is 18.7 Å². The molecular formula is C43H63F3N4O14SSi2. The molecule has 0 spiro atoms. The minimum absolute atomic E-state index is 0.0103. The second-order valence-corrected chi connectivity index (χ2v) is 30.6. The van der Waals surface area contributed by atoms with Crippen LogP contribution in [0.25, 0.3) is 0 Å². The monoisotopic (exact) mass is 1000 g/mol. The molecule has 0 bridgehead atoms. The Balaban J connectivity index is 0.000000363. The van der Waals surface area contributed by atoms with Crippen LogP contribution >= 0.6 is 0 Å². The average molecular weight is 1010 g/mol. The van der Waals surface area contributed by atoms with Gasteiger partial charge in [0.15, 0.2) is 16.6 Å². The molecule has 2 atom stereocenters. The molecule has 0 unspecified atom stereocenters. The highest BCUT2D eigenvalue weighted by molar-refractivity contribution is 7.87. The minimum Gasteiger partial charge on any atom is -0.496 e. The van der Waals surface area contributed by atoms with Crippen molar-refractivity contribution in [2.45, 2.75) is 129 Å². The zero-order valence-corrected chi connectivity index (χ0v) is 43.4. The van der Waals surface area contributed by atoms with E-state index in [1.165, 1.54) is 43.4 Å². The fourth-order valence-corrected chi connectivity index (χ4v) is 9.13. The van der Waals surface area contributed by atoms with Gasteiger partial charge in [-0.05, 0) is 67.3 Å². The van der Waals surface area contributed by atoms with Crippen molar-refractivity contribution in [2.75, 3.05) is 40.5 Å². The molecule has 2 amide bonds. The molecule has 2 aliphatic rings. The molecule has 67 heavy (non-hydrogen) atoms. The molecule has 0 radical (unpaired) electrons. The Labute approximate surface area is 391 Å². The summed E-state index contributed by atoms with van der Waals surface area (Å²) < 4.78 is 88.9. The lowest BCUT2D eigenvalue weighted by Crippen LogP contribution is -2.51. The number of nitro benzene ring substituents is 2. The Morgan fingerprint density at radius 3 is 1.52 bits per heavy atom. The van der Waals surface area contributed by atoms with Crippen LogP contribution in [0.1, 0.15) is 92.6 Å². The molecule has 24 heteroatoms. The first-order valence-electron chi connectivity index (χ1n) is 21.3. The Bertz CT molecular complexity index is 2360. The van der Waals surface area contributed by atoms with Crippen molar-refractivity contribution in [1.82, 2.24) is 9.80 Å². The number of alkyl halides is 3. The number of aryl methyl sites for hydroxylation is 2. The molecule has 2 aromatic carbocycles. The second-order valence-electron chi connectivity index (χ2n) is 19.4. The van der Waals surface area contributed by atoms with Gasteiger partial charge in [-0.25, -0.2) is 0 Å². The topological polar surface area (TPSA) is 224 Å². The SMILES string of the molecule is COc1cc(C(=O)N2CC=C(OS(=O)(=O)C(F)(F)F)C[C@H]2CO[Si](C)(C)C(C)(C)C)c([N+](=O)[O-])cc1C.COc1cc(C(=O)N2CCC(=O)C[C@H]2CO[Si](C)(C)C(C)(C)C)c([N+](=O)[O-])cc1C. The van der Waals surface area contributed by atoms with Crippen molar-refractivity contribution in [3.63, 3.8) is 0 Å². The van der Waals surface area contributed by atoms with Crippen molar-refractivity contribution >= 4 is 55.7 Å². The fourth-order valence-electron chi connectivity index (χ4n) is 6.53. The van der Waals surface area contributed by atoms with E-state index in [2.05, 4.69) is 38.0 Å². The van der Waals surface area contributed by atoms with Crippen molar-refractivity contribution in [3.05, 3.63) is 78.6 Å². The molecule has 0 aliphatic carbocycles. The van der Waals surface area contributed by atoms with E-state index in [0.29, 0.717) is 16.9 Å². The van der Waals surface area contributed by atoms with Gasteiger partial charge in [-0.3, -0.25) is 34.6 Å². The van der Waals surface area contributed by atoms with E-state index < -0.39 is 83.9 Å². The number of halogens is 3. The number of benzene rings is 2. The molecule has 1 saturated heterocycles. The maximum absolute atomic E-state index is 13.5. The number of ether oxygens (including phenoxy) is 2. The summed E-state index contributed by atoms with van der Waals surface area (Å²) in [6.45, 7) is 23.6. The molecule has 0 aromatic heterocycles. The number of piperidine rings is 1. The molecule has 4 rings (SSSR count). The van der Waals surface area contributed by atoms with Crippen molar-refractivity contribution < 1.29 is 68.3 Å². The lowest BCUT2D eigenvalue weighted by atomic mass is 9.99. The Kier molecular flexibility index (Phi) is 17.8. The number of amides is 2. The number of hydrogen-bond acceptors (Lipinski definition) is 14. The van der Waals surface area contributed by atoms with E-state index in [0.717, 1.165) is 6.08 Å². The van der Waals surface area contributed by atoms with Gasteiger partial charge in [0.05, 0.1) is 49.4 Å². The largest absolute Gasteiger partial charge is 0.534 e. The predicted octanol–water partition coefficient (Wildman–Crippen LogP) is 9.01. The lowest BCUT2D eigenvalue weighted by molar-refractivity contribution is -0.385. The first kappa shape index (κ1) is 56.4. The number of nitrogens with zero attached hydrogens (tertiary/aromatic N) is 4. The summed E-state index contributed by atoms with van der Waals surface area (Å²) in [5.41, 5.74) is -5.69. The second kappa shape index (κ2) is 21.2. The Hall–Kier alpha value is -4.92. The molecular weight excluding hydrogens is 942 g/mol. The smallest absolute Gasteiger partial charge is 0.496 e. The number of rotatable bonds is 14. The molecule has 18 nitrogen and oxygen atoms in total. The van der Waals surface area contributed by atoms with Gasteiger partial charge >= 0.3 is 15.6 Å². The molecule has 0 saturated carbocycles. The van der Waals surface area contributed by atoms with Gasteiger partial charge in [-0.15, -0.1) is 0 Å². The highest BCUT2D eigenvalue weighted by Crippen LogP contribution is 2.40. The summed E-state index contributed by atoms with van der Waals surface area (Å²) in [6, 6.07) is 3.78. The van der Waals surface area contributed by atoms with Crippen molar-refractivity contribution in [3.8, 4) is 11.5 Å². The third-order valence-corrected chi connectivity index (χ3v) is 22.7. The number of hydrogen-bond donors (Lipinski definition) is 0. The van der Waals surface area contributed by atoms with Crippen molar-refractivity contribution in [1.29, 1.82) is 0 Å². The summed E-state index contributed by atoms with van der Waals surface area (Å²) in [6.07, 6.45) is 1.05. The number of likely N-dealkylation sites (tertiary alicyclic amines) is 1. The number of methoxy groups -OCH3 is 2. The molecule has 2 aliphatic heterocycles. The van der Waals surface area contributed by atoms with Gasteiger partial charge in [0, 0.05) is 56.6 Å². The lowest BCUT2D eigenvalue weighted by Gasteiger charge is -2.40. The van der Waals surface area contributed by atoms with E-state index in [4.69, 9.17) is 18.3 Å². The number of nitro groups is 2. The van der Waals surface area contributed by atoms with Gasteiger partial charge in [-0.2, -0.15) is 21.6 Å². The van der Waals surface area contributed by atoms with Crippen molar-refractivity contribution in [2.24, 2.45) is 0 Å². The molecule has 2 heterocycles. The maximum Gasteiger partial charge on any atom is 0.534 e. The fraction of sp³-hybridized carbons (Fsp3) is 0.605. The van der Waals surface area contributed by atoms with E-state index in [1.807, 2.05) is 33.9 Å². The van der Waals surface area contributed by atoms with E-state index >= 15 is 0 Å². The summed E-state index contributed by atoms with van der Waals surface area (Å²) in [5.74, 6) is -1.05. The summed E-state index contributed by atoms with van der Waals surface area (Å²) >= 11 is 0. The third-order valence-electron chi connectivity index (χ3n) is 12.7. The minimum atomic E-state index is -5.92. The van der Waals surface area contributed by atoms with Crippen LogP contribution in [0.3, 0.4) is 0 Å². The molecule has 2 aromatic rings. The third kappa shape index (κ3) is 13.6. The van der Waals surface area contributed by atoms with Gasteiger partial charge < -0.3 is 32.3 Å². The zero-order chi connectivity index (χ0) is 51.4. The van der Waals surface area contributed by atoms with Crippen LogP contribution in [0.4, 0.5) is 24.5 Å². The first-order chi connectivity index (χ1) is 30.5. The molecule has 1 fully saturated rings. The normalized spacial score (nSPS) is 17.5. The summed E-state index contributed by atoms with van der Waals surface area (Å²) in [5, 5.41) is 23.0. The number of Topliss-reactive ketones (excluding diaryl/α,β-unsaturated/α-hetero) is 1. The highest BCUT2D eigenvalue weighted by Gasteiger charge is 2.50. The van der Waals surface area contributed by atoms with Crippen LogP contribution in [0.2, 0.25) is 36.3 Å². The maximum atomic E-state index is 13.5. The van der Waals surface area contributed by atoms with Crippen LogP contribution in [0.5, 0.6) is 11.5 Å². The predicted molar refractivity (Wildman–Crippen MR) is 248 cm³/mol. The van der Waals surface area contributed by atoms with E-state index in [9.17, 15) is 56.2 Å². The quantitative estimate of drug-likeness (QED) is 0.0566. The van der Waals surface area contributed by atoms with Gasteiger partial charge in [0.25, 0.3) is 23.2 Å². The number of ketones is 1. The number of carbonyl (C=O) groups excluding carboxylic acids is 3. The van der Waals surface area contributed by atoms with Gasteiger partial charge in [0.1, 0.15) is 34.2 Å². The number of carbonyl (C=O) groups is 3. The van der Waals surface area contributed by atoms with Gasteiger partial charge in [-0.1, -0.05) is 41.5 Å². The van der Waals surface area contributed by atoms with E-state index in [-0.39, 0.29) is 77.6 Å². The summed E-state index contributed by atoms with van der Waals surface area (Å²) in [7, 11) is -7.61. The van der Waals surface area contributed by atoms with Crippen LogP contribution < -0.4 is 9.47 Å². The standard InChI is InChI=1S/C22H31F3N2O8SSi.C21H32N2O6Si/c1-14-10-18(27(29)30)17(12-19(14)33-5)20(28)26-9-8-16(35-36(31,32)22(23,24)25)11-15(26)13-34-37(6,7)21(2,3)4;1-14-10-18(23(26)27)17(12-19(14)28-5)20(25)22-9-8-16(24)11-15(22)13-29-30(6,7)21(2,3)4/h8,10,12,15H,9,11,13H2,1-7H3;10,12,15H,8-9,11,13H2,1-7H3/t2*15-/m00/s1. The van der Waals surface area contributed by atoms with Crippen LogP contribution in [0.15, 0.2) is 36.1 Å². The molecule has 374 valence electrons.